The number of carbonyl (C=O) groups is 1. The Balaban J connectivity index is 1.37. The van der Waals surface area contributed by atoms with Gasteiger partial charge in [0.1, 0.15) is 5.82 Å². The van der Waals surface area contributed by atoms with Gasteiger partial charge in [0.25, 0.3) is 5.69 Å². The van der Waals surface area contributed by atoms with Crippen LogP contribution >= 0.6 is 11.8 Å². The minimum atomic E-state index is -0.439. The molecule has 1 amide bonds. The number of hydrogen-bond acceptors (Lipinski definition) is 8. The van der Waals surface area contributed by atoms with Gasteiger partial charge in [-0.2, -0.15) is 0 Å². The predicted molar refractivity (Wildman–Crippen MR) is 124 cm³/mol. The average Bonchev–Trinajstić information content (AvgIpc) is 3.47. The highest BCUT2D eigenvalue weighted by Gasteiger charge is 2.28. The fourth-order valence-corrected chi connectivity index (χ4v) is 4.95. The van der Waals surface area contributed by atoms with E-state index in [0.29, 0.717) is 61.7 Å². The fourth-order valence-electron chi connectivity index (χ4n) is 4.13. The van der Waals surface area contributed by atoms with Gasteiger partial charge in [-0.25, -0.2) is 4.39 Å². The van der Waals surface area contributed by atoms with E-state index >= 15 is 0 Å². The summed E-state index contributed by atoms with van der Waals surface area (Å²) in [5.74, 6) is 0.142. The molecule has 12 heteroatoms. The summed E-state index contributed by atoms with van der Waals surface area (Å²) in [6, 6.07) is 10.7. The molecule has 2 aliphatic rings. The van der Waals surface area contributed by atoms with Gasteiger partial charge in [0.15, 0.2) is 5.16 Å². The smallest absolute Gasteiger partial charge is 0.269 e. The molecule has 1 aromatic heterocycles. The number of ether oxygens (including phenoxy) is 1. The third-order valence-electron chi connectivity index (χ3n) is 5.77. The fraction of sp³-hybridized carbons (Fsp3) is 0.318. The Labute approximate surface area is 198 Å². The number of morpholine rings is 1. The lowest BCUT2D eigenvalue weighted by Crippen LogP contribution is -2.38. The molecule has 0 saturated carbocycles. The van der Waals surface area contributed by atoms with Crippen molar-refractivity contribution in [2.45, 2.75) is 11.6 Å². The Hall–Kier alpha value is -3.51. The number of fused-ring (bicyclic) bond motifs is 1. The number of thioether (sulfide) groups is 1. The van der Waals surface area contributed by atoms with Crippen molar-refractivity contribution >= 4 is 35.0 Å². The number of nitrogens with zero attached hydrogens (tertiary/aromatic N) is 6. The van der Waals surface area contributed by atoms with Crippen LogP contribution in [0.5, 0.6) is 0 Å². The first-order valence-corrected chi connectivity index (χ1v) is 11.7. The molecule has 5 rings (SSSR count). The third-order valence-corrected chi connectivity index (χ3v) is 6.69. The van der Waals surface area contributed by atoms with Crippen LogP contribution in [0.3, 0.4) is 0 Å². The monoisotopic (exact) mass is 484 g/mol. The molecule has 0 aliphatic carbocycles. The summed E-state index contributed by atoms with van der Waals surface area (Å²) >= 11 is 1.22. The summed E-state index contributed by atoms with van der Waals surface area (Å²) in [6.07, 6.45) is 0.564. The SMILES string of the molecule is O=C(CSc1nnc(N2CCOCC2)n1-c1cccc(F)c1)N1CCc2cc([N+](=O)[O-])ccc21. The van der Waals surface area contributed by atoms with Crippen molar-refractivity contribution in [1.82, 2.24) is 14.8 Å². The van der Waals surface area contributed by atoms with Gasteiger partial charge in [-0.3, -0.25) is 19.5 Å². The molecule has 1 fully saturated rings. The first-order chi connectivity index (χ1) is 16.5. The van der Waals surface area contributed by atoms with Crippen molar-refractivity contribution in [3.63, 3.8) is 0 Å². The van der Waals surface area contributed by atoms with Gasteiger partial charge in [0.05, 0.1) is 29.6 Å². The largest absolute Gasteiger partial charge is 0.378 e. The number of amides is 1. The summed E-state index contributed by atoms with van der Waals surface area (Å²) in [7, 11) is 0. The number of halogens is 1. The number of aromatic nitrogens is 3. The van der Waals surface area contributed by atoms with Crippen molar-refractivity contribution < 1.29 is 18.8 Å². The number of hydrogen-bond donors (Lipinski definition) is 0. The molecule has 3 heterocycles. The molecule has 0 radical (unpaired) electrons. The number of benzene rings is 2. The van der Waals surface area contributed by atoms with E-state index in [1.54, 1.807) is 27.7 Å². The number of nitro benzene ring substituents is 1. The van der Waals surface area contributed by atoms with Crippen molar-refractivity contribution in [2.24, 2.45) is 0 Å². The molecule has 0 N–H and O–H groups in total. The zero-order valence-corrected chi connectivity index (χ0v) is 18.9. The Morgan fingerprint density at radius 1 is 1.15 bits per heavy atom. The summed E-state index contributed by atoms with van der Waals surface area (Å²) in [5.41, 5.74) is 2.06. The summed E-state index contributed by atoms with van der Waals surface area (Å²) in [6.45, 7) is 2.85. The first-order valence-electron chi connectivity index (χ1n) is 10.8. The highest BCUT2D eigenvalue weighted by atomic mass is 32.2. The number of nitro groups is 1. The van der Waals surface area contributed by atoms with E-state index in [0.717, 1.165) is 5.56 Å². The van der Waals surface area contributed by atoms with Crippen molar-refractivity contribution in [3.05, 3.63) is 64.0 Å². The third kappa shape index (κ3) is 4.33. The van der Waals surface area contributed by atoms with Gasteiger partial charge in [0, 0.05) is 37.5 Å². The molecule has 1 saturated heterocycles. The molecule has 2 aliphatic heterocycles. The van der Waals surface area contributed by atoms with E-state index in [1.807, 2.05) is 4.90 Å². The lowest BCUT2D eigenvalue weighted by atomic mass is 10.1. The van der Waals surface area contributed by atoms with Gasteiger partial charge >= 0.3 is 0 Å². The van der Waals surface area contributed by atoms with Crippen molar-refractivity contribution in [3.8, 4) is 5.69 Å². The molecule has 176 valence electrons. The predicted octanol–water partition coefficient (Wildman–Crippen LogP) is 2.83. The number of non-ortho nitro benzene ring substituents is 1. The molecule has 34 heavy (non-hydrogen) atoms. The molecular formula is C22H21FN6O4S. The van der Waals surface area contributed by atoms with Crippen molar-refractivity contribution in [2.75, 3.05) is 48.4 Å². The second-order valence-electron chi connectivity index (χ2n) is 7.85. The van der Waals surface area contributed by atoms with Gasteiger partial charge in [-0.1, -0.05) is 17.8 Å². The standard InChI is InChI=1S/C22H21FN6O4S/c23-16-2-1-3-17(13-16)28-21(26-8-10-33-11-9-26)24-25-22(28)34-14-20(30)27-7-6-15-12-18(29(31)32)4-5-19(15)27/h1-5,12-13H,6-11,14H2. The van der Waals surface area contributed by atoms with Crippen molar-refractivity contribution in [1.29, 1.82) is 0 Å². The van der Waals surface area contributed by atoms with E-state index in [4.69, 9.17) is 4.74 Å². The van der Waals surface area contributed by atoms with Gasteiger partial charge in [-0.05, 0) is 36.2 Å². The van der Waals surface area contributed by atoms with Crippen LogP contribution in [0.1, 0.15) is 5.56 Å². The second-order valence-corrected chi connectivity index (χ2v) is 8.79. The lowest BCUT2D eigenvalue weighted by Gasteiger charge is -2.28. The van der Waals surface area contributed by atoms with Crippen LogP contribution in [0, 0.1) is 15.9 Å². The first kappa shape index (κ1) is 22.3. The highest BCUT2D eigenvalue weighted by Crippen LogP contribution is 2.33. The van der Waals surface area contributed by atoms with Gasteiger partial charge < -0.3 is 14.5 Å². The molecule has 0 unspecified atom stereocenters. The molecule has 10 nitrogen and oxygen atoms in total. The van der Waals surface area contributed by atoms with E-state index in [1.165, 1.54) is 36.0 Å². The molecule has 3 aromatic rings. The number of rotatable bonds is 6. The molecule has 0 bridgehead atoms. The van der Waals surface area contributed by atoms with Crippen LogP contribution in [0.4, 0.5) is 21.7 Å². The Morgan fingerprint density at radius 2 is 1.97 bits per heavy atom. The Morgan fingerprint density at radius 3 is 2.74 bits per heavy atom. The van der Waals surface area contributed by atoms with Gasteiger partial charge in [0.2, 0.25) is 11.9 Å². The van der Waals surface area contributed by atoms with E-state index < -0.39 is 4.92 Å². The maximum Gasteiger partial charge on any atom is 0.269 e. The second kappa shape index (κ2) is 9.39. The minimum absolute atomic E-state index is 0.0151. The average molecular weight is 485 g/mol. The summed E-state index contributed by atoms with van der Waals surface area (Å²) in [4.78, 5) is 27.3. The van der Waals surface area contributed by atoms with Crippen LogP contribution < -0.4 is 9.80 Å². The summed E-state index contributed by atoms with van der Waals surface area (Å²) in [5, 5.41) is 20.1. The maximum absolute atomic E-state index is 14.0. The Kier molecular flexibility index (Phi) is 6.16. The molecule has 2 aromatic carbocycles. The lowest BCUT2D eigenvalue weighted by molar-refractivity contribution is -0.384. The molecule has 0 spiro atoms. The van der Waals surface area contributed by atoms with Gasteiger partial charge in [-0.15, -0.1) is 10.2 Å². The van der Waals surface area contributed by atoms with E-state index in [9.17, 15) is 19.3 Å². The van der Waals surface area contributed by atoms with Crippen LogP contribution in [0.15, 0.2) is 47.6 Å². The zero-order valence-electron chi connectivity index (χ0n) is 18.1. The Bertz CT molecular complexity index is 1250. The molecular weight excluding hydrogens is 463 g/mol. The van der Waals surface area contributed by atoms with E-state index in [2.05, 4.69) is 10.2 Å². The maximum atomic E-state index is 14.0. The molecule has 0 atom stereocenters. The number of anilines is 2. The summed E-state index contributed by atoms with van der Waals surface area (Å²) < 4.78 is 21.2. The number of carbonyl (C=O) groups excluding carboxylic acids is 1. The normalized spacial score (nSPS) is 15.4. The minimum Gasteiger partial charge on any atom is -0.378 e. The van der Waals surface area contributed by atoms with E-state index in [-0.39, 0.29) is 23.2 Å². The van der Waals surface area contributed by atoms with Crippen LogP contribution in [-0.4, -0.2) is 64.2 Å². The van der Waals surface area contributed by atoms with Crippen LogP contribution in [0.2, 0.25) is 0 Å². The van der Waals surface area contributed by atoms with Crippen LogP contribution in [0.25, 0.3) is 5.69 Å². The topological polar surface area (TPSA) is 107 Å². The highest BCUT2D eigenvalue weighted by molar-refractivity contribution is 7.99. The zero-order chi connectivity index (χ0) is 23.7. The van der Waals surface area contributed by atoms with Crippen LogP contribution in [-0.2, 0) is 16.0 Å². The quantitative estimate of drug-likeness (QED) is 0.299.